The van der Waals surface area contributed by atoms with Crippen LogP contribution < -0.4 is 10.2 Å². The molecule has 2 aromatic rings. The van der Waals surface area contributed by atoms with E-state index in [-0.39, 0.29) is 5.91 Å². The van der Waals surface area contributed by atoms with Crippen molar-refractivity contribution >= 4 is 17.4 Å². The zero-order valence-electron chi connectivity index (χ0n) is 14.9. The molecule has 1 fully saturated rings. The van der Waals surface area contributed by atoms with Gasteiger partial charge in [-0.3, -0.25) is 9.89 Å². The molecule has 0 unspecified atom stereocenters. The fourth-order valence-corrected chi connectivity index (χ4v) is 3.12. The topological polar surface area (TPSA) is 77.1 Å². The van der Waals surface area contributed by atoms with Crippen molar-refractivity contribution in [2.45, 2.75) is 31.7 Å². The first-order valence-corrected chi connectivity index (χ1v) is 8.78. The van der Waals surface area contributed by atoms with E-state index in [0.29, 0.717) is 12.5 Å². The Labute approximate surface area is 148 Å². The highest BCUT2D eigenvalue weighted by molar-refractivity contribution is 5.78. The van der Waals surface area contributed by atoms with Gasteiger partial charge in [0, 0.05) is 45.1 Å². The molecule has 0 radical (unpaired) electrons. The summed E-state index contributed by atoms with van der Waals surface area (Å²) >= 11 is 0. The minimum absolute atomic E-state index is 0.168. The zero-order valence-corrected chi connectivity index (χ0v) is 14.9. The van der Waals surface area contributed by atoms with Crippen LogP contribution in [0, 0.1) is 0 Å². The van der Waals surface area contributed by atoms with Gasteiger partial charge >= 0.3 is 0 Å². The van der Waals surface area contributed by atoms with Crippen molar-refractivity contribution in [3.05, 3.63) is 36.3 Å². The summed E-state index contributed by atoms with van der Waals surface area (Å²) in [4.78, 5) is 20.8. The Bertz CT molecular complexity index is 667. The molecule has 2 aromatic heterocycles. The molecule has 1 aliphatic rings. The third kappa shape index (κ3) is 4.71. The van der Waals surface area contributed by atoms with E-state index in [2.05, 4.69) is 26.6 Å². The van der Waals surface area contributed by atoms with E-state index in [1.807, 2.05) is 42.2 Å². The van der Waals surface area contributed by atoms with E-state index < -0.39 is 0 Å². The summed E-state index contributed by atoms with van der Waals surface area (Å²) < 4.78 is 0. The van der Waals surface area contributed by atoms with E-state index in [0.717, 1.165) is 49.6 Å². The van der Waals surface area contributed by atoms with Gasteiger partial charge in [0.1, 0.15) is 5.82 Å². The number of H-pyrrole nitrogens is 1. The summed E-state index contributed by atoms with van der Waals surface area (Å²) in [6.07, 6.45) is 6.97. The summed E-state index contributed by atoms with van der Waals surface area (Å²) in [6, 6.07) is 6.30. The molecule has 134 valence electrons. The zero-order chi connectivity index (χ0) is 17.6. The number of amides is 1. The molecule has 0 saturated carbocycles. The highest BCUT2D eigenvalue weighted by Crippen LogP contribution is 2.18. The van der Waals surface area contributed by atoms with Crippen molar-refractivity contribution in [1.29, 1.82) is 0 Å². The van der Waals surface area contributed by atoms with Crippen LogP contribution >= 0.6 is 0 Å². The van der Waals surface area contributed by atoms with E-state index in [1.54, 1.807) is 6.20 Å². The maximum atomic E-state index is 12.4. The third-order valence-corrected chi connectivity index (χ3v) is 4.56. The van der Waals surface area contributed by atoms with E-state index in [4.69, 9.17) is 0 Å². The normalized spacial score (nSPS) is 17.8. The molecule has 3 heterocycles. The van der Waals surface area contributed by atoms with Gasteiger partial charge in [-0.1, -0.05) is 0 Å². The number of pyridine rings is 1. The Morgan fingerprint density at radius 1 is 1.32 bits per heavy atom. The van der Waals surface area contributed by atoms with Gasteiger partial charge in [0.05, 0.1) is 18.3 Å². The average Bonchev–Trinajstić information content (AvgIpc) is 2.99. The summed E-state index contributed by atoms with van der Waals surface area (Å²) in [5, 5.41) is 10.3. The van der Waals surface area contributed by atoms with Gasteiger partial charge in [0.25, 0.3) is 0 Å². The molecule has 7 heteroatoms. The van der Waals surface area contributed by atoms with Gasteiger partial charge in [-0.15, -0.1) is 0 Å². The van der Waals surface area contributed by atoms with Crippen LogP contribution in [0.15, 0.2) is 30.6 Å². The summed E-state index contributed by atoms with van der Waals surface area (Å²) in [5.74, 6) is 1.11. The van der Waals surface area contributed by atoms with E-state index >= 15 is 0 Å². The number of likely N-dealkylation sites (tertiary alicyclic amines) is 1. The number of nitrogens with one attached hydrogen (secondary N) is 2. The van der Waals surface area contributed by atoms with Gasteiger partial charge in [-0.05, 0) is 37.5 Å². The fraction of sp³-hybridized carbons (Fsp3) is 0.500. The average molecular weight is 342 g/mol. The molecule has 1 saturated heterocycles. The van der Waals surface area contributed by atoms with Crippen LogP contribution in [0.25, 0.3) is 0 Å². The highest BCUT2D eigenvalue weighted by atomic mass is 16.2. The molecule has 7 nitrogen and oxygen atoms in total. The molecule has 1 aliphatic heterocycles. The maximum absolute atomic E-state index is 12.4. The molecule has 3 rings (SSSR count). The molecule has 1 amide bonds. The number of hydrogen-bond donors (Lipinski definition) is 2. The number of carbonyl (C=O) groups is 1. The van der Waals surface area contributed by atoms with Crippen LogP contribution in [0.4, 0.5) is 11.5 Å². The Morgan fingerprint density at radius 2 is 2.20 bits per heavy atom. The Balaban J connectivity index is 1.51. The summed E-state index contributed by atoms with van der Waals surface area (Å²) in [5.41, 5.74) is 1.91. The van der Waals surface area contributed by atoms with Gasteiger partial charge in [0.2, 0.25) is 5.91 Å². The number of hydrogen-bond acceptors (Lipinski definition) is 5. The van der Waals surface area contributed by atoms with Gasteiger partial charge in [0.15, 0.2) is 0 Å². The fourth-order valence-electron chi connectivity index (χ4n) is 3.12. The van der Waals surface area contributed by atoms with Crippen LogP contribution in [-0.2, 0) is 11.2 Å². The second kappa shape index (κ2) is 8.00. The Hall–Kier alpha value is -2.57. The smallest absolute Gasteiger partial charge is 0.228 e. The predicted molar refractivity (Wildman–Crippen MR) is 98.7 cm³/mol. The molecular weight excluding hydrogens is 316 g/mol. The highest BCUT2D eigenvalue weighted by Gasteiger charge is 2.21. The van der Waals surface area contributed by atoms with Crippen molar-refractivity contribution < 1.29 is 4.79 Å². The minimum Gasteiger partial charge on any atom is -0.381 e. The van der Waals surface area contributed by atoms with Crippen molar-refractivity contribution in [3.8, 4) is 0 Å². The number of rotatable bonds is 5. The predicted octanol–water partition coefficient (Wildman–Crippen LogP) is 1.91. The van der Waals surface area contributed by atoms with Crippen LogP contribution in [0.1, 0.15) is 25.0 Å². The van der Waals surface area contributed by atoms with Crippen molar-refractivity contribution in [3.63, 3.8) is 0 Å². The molecule has 0 aliphatic carbocycles. The minimum atomic E-state index is 0.168. The first-order chi connectivity index (χ1) is 12.1. The van der Waals surface area contributed by atoms with Crippen LogP contribution in [0.5, 0.6) is 0 Å². The molecule has 0 spiro atoms. The number of nitrogens with zero attached hydrogens (tertiary/aromatic N) is 4. The van der Waals surface area contributed by atoms with Crippen LogP contribution in [-0.4, -0.2) is 59.2 Å². The number of aromatic amines is 1. The van der Waals surface area contributed by atoms with Gasteiger partial charge in [-0.25, -0.2) is 4.98 Å². The van der Waals surface area contributed by atoms with E-state index in [9.17, 15) is 4.79 Å². The molecule has 1 atom stereocenters. The molecule has 0 aromatic carbocycles. The maximum Gasteiger partial charge on any atom is 0.228 e. The van der Waals surface area contributed by atoms with Crippen molar-refractivity contribution in [2.24, 2.45) is 0 Å². The van der Waals surface area contributed by atoms with Crippen molar-refractivity contribution in [2.75, 3.05) is 37.4 Å². The monoisotopic (exact) mass is 342 g/mol. The second-order valence-electron chi connectivity index (χ2n) is 6.71. The Morgan fingerprint density at radius 3 is 2.88 bits per heavy atom. The molecule has 2 N–H and O–H groups in total. The number of aromatic nitrogens is 3. The third-order valence-electron chi connectivity index (χ3n) is 4.56. The first-order valence-electron chi connectivity index (χ1n) is 8.78. The van der Waals surface area contributed by atoms with Crippen molar-refractivity contribution in [1.82, 2.24) is 20.1 Å². The lowest BCUT2D eigenvalue weighted by molar-refractivity contribution is -0.130. The largest absolute Gasteiger partial charge is 0.381 e. The SMILES string of the molecule is CN(C)c1ccc(N[C@@H]2CCCN(C(=O)Cc3ccn[nH]3)CC2)cn1. The van der Waals surface area contributed by atoms with Gasteiger partial charge in [-0.2, -0.15) is 5.10 Å². The lowest BCUT2D eigenvalue weighted by atomic mass is 10.1. The number of carbonyl (C=O) groups excluding carboxylic acids is 1. The van der Waals surface area contributed by atoms with Gasteiger partial charge < -0.3 is 15.1 Å². The summed E-state index contributed by atoms with van der Waals surface area (Å²) in [7, 11) is 3.96. The lowest BCUT2D eigenvalue weighted by Gasteiger charge is -2.21. The molecular formula is C18H26N6O. The van der Waals surface area contributed by atoms with Crippen LogP contribution in [0.3, 0.4) is 0 Å². The molecule has 0 bridgehead atoms. The van der Waals surface area contributed by atoms with E-state index in [1.165, 1.54) is 0 Å². The second-order valence-corrected chi connectivity index (χ2v) is 6.71. The van der Waals surface area contributed by atoms with Crippen LogP contribution in [0.2, 0.25) is 0 Å². The first kappa shape index (κ1) is 17.3. The number of anilines is 2. The standard InChI is InChI=1S/C18H26N6O/c1-23(2)17-6-5-16(13-19-17)21-14-4-3-10-24(11-8-14)18(25)12-15-7-9-20-22-15/h5-7,9,13-14,21H,3-4,8,10-12H2,1-2H3,(H,20,22)/t14-/m1/s1. The lowest BCUT2D eigenvalue weighted by Crippen LogP contribution is -2.34. The molecule has 25 heavy (non-hydrogen) atoms. The quantitative estimate of drug-likeness (QED) is 0.868. The Kier molecular flexibility index (Phi) is 5.53. The summed E-state index contributed by atoms with van der Waals surface area (Å²) in [6.45, 7) is 1.61.